The van der Waals surface area contributed by atoms with E-state index in [1.54, 1.807) is 0 Å². The highest BCUT2D eigenvalue weighted by atomic mass is 16.3. The summed E-state index contributed by atoms with van der Waals surface area (Å²) < 4.78 is 0. The summed E-state index contributed by atoms with van der Waals surface area (Å²) in [6.07, 6.45) is 0.757. The van der Waals surface area contributed by atoms with Crippen molar-refractivity contribution < 1.29 is 5.11 Å². The van der Waals surface area contributed by atoms with E-state index < -0.39 is 6.10 Å². The van der Waals surface area contributed by atoms with E-state index in [0.29, 0.717) is 0 Å². The average Bonchev–Trinajstić information content (AvgIpc) is 2.49. The summed E-state index contributed by atoms with van der Waals surface area (Å²) in [6, 6.07) is 6.54. The normalized spacial score (nSPS) is 24.2. The predicted octanol–water partition coefficient (Wildman–Crippen LogP) is 1.97. The van der Waals surface area contributed by atoms with E-state index in [-0.39, 0.29) is 6.04 Å². The number of aliphatic hydroxyl groups excluding tert-OH is 1. The minimum atomic E-state index is -0.413. The van der Waals surface area contributed by atoms with Crippen LogP contribution in [0.5, 0.6) is 0 Å². The van der Waals surface area contributed by atoms with Gasteiger partial charge in [-0.15, -0.1) is 0 Å². The first-order valence-electron chi connectivity index (χ1n) is 7.12. The van der Waals surface area contributed by atoms with Gasteiger partial charge in [-0.25, -0.2) is 0 Å². The van der Waals surface area contributed by atoms with Gasteiger partial charge in [0.2, 0.25) is 0 Å². The van der Waals surface area contributed by atoms with Crippen molar-refractivity contribution >= 4 is 0 Å². The first kappa shape index (κ1) is 14.5. The molecule has 0 saturated carbocycles. The molecule has 1 aromatic rings. The van der Waals surface area contributed by atoms with Crippen LogP contribution in [-0.2, 0) is 0 Å². The maximum atomic E-state index is 10.7. The smallest absolute Gasteiger partial charge is 0.0957 e. The molecule has 1 aromatic carbocycles. The van der Waals surface area contributed by atoms with Crippen LogP contribution in [-0.4, -0.2) is 54.7 Å². The Kier molecular flexibility index (Phi) is 4.61. The standard InChI is InChI=1S/C16H26N2O/c1-12-8-13(2)10-14(9-12)16(19)15-11-17(3)6-5-7-18(15)4/h8-10,15-16,19H,5-7,11H2,1-4H3. The van der Waals surface area contributed by atoms with Crippen molar-refractivity contribution in [3.8, 4) is 0 Å². The number of rotatable bonds is 2. The van der Waals surface area contributed by atoms with E-state index in [1.807, 2.05) is 0 Å². The summed E-state index contributed by atoms with van der Waals surface area (Å²) in [4.78, 5) is 4.62. The lowest BCUT2D eigenvalue weighted by molar-refractivity contribution is 0.0571. The van der Waals surface area contributed by atoms with Gasteiger partial charge in [0, 0.05) is 6.54 Å². The van der Waals surface area contributed by atoms with E-state index in [4.69, 9.17) is 0 Å². The molecule has 1 aliphatic heterocycles. The minimum Gasteiger partial charge on any atom is -0.387 e. The van der Waals surface area contributed by atoms with Gasteiger partial charge in [-0.2, -0.15) is 0 Å². The molecular weight excluding hydrogens is 236 g/mol. The molecule has 3 nitrogen and oxygen atoms in total. The molecule has 3 heteroatoms. The van der Waals surface area contributed by atoms with Crippen LogP contribution in [0.3, 0.4) is 0 Å². The second-order valence-electron chi connectivity index (χ2n) is 6.03. The Morgan fingerprint density at radius 2 is 1.74 bits per heavy atom. The van der Waals surface area contributed by atoms with Crippen LogP contribution in [0.25, 0.3) is 0 Å². The summed E-state index contributed by atoms with van der Waals surface area (Å²) in [7, 11) is 4.26. The average molecular weight is 262 g/mol. The second kappa shape index (κ2) is 6.04. The number of likely N-dealkylation sites (N-methyl/N-ethyl adjacent to an activating group) is 2. The lowest BCUT2D eigenvalue weighted by Crippen LogP contribution is -2.42. The molecule has 106 valence electrons. The van der Waals surface area contributed by atoms with Crippen LogP contribution in [0.15, 0.2) is 18.2 Å². The van der Waals surface area contributed by atoms with E-state index in [1.165, 1.54) is 17.5 Å². The van der Waals surface area contributed by atoms with Crippen LogP contribution in [0.1, 0.15) is 29.2 Å². The molecule has 0 amide bonds. The highest BCUT2D eigenvalue weighted by Crippen LogP contribution is 2.24. The van der Waals surface area contributed by atoms with Crippen LogP contribution in [0, 0.1) is 13.8 Å². The van der Waals surface area contributed by atoms with Gasteiger partial charge in [-0.1, -0.05) is 29.3 Å². The van der Waals surface area contributed by atoms with Crippen LogP contribution < -0.4 is 0 Å². The Bertz CT molecular complexity index is 413. The third-order valence-corrected chi connectivity index (χ3v) is 4.07. The first-order chi connectivity index (χ1) is 8.97. The van der Waals surface area contributed by atoms with Crippen molar-refractivity contribution in [1.29, 1.82) is 0 Å². The van der Waals surface area contributed by atoms with E-state index in [9.17, 15) is 5.11 Å². The molecule has 1 fully saturated rings. The number of aryl methyl sites for hydroxylation is 2. The molecule has 19 heavy (non-hydrogen) atoms. The second-order valence-corrected chi connectivity index (χ2v) is 6.03. The monoisotopic (exact) mass is 262 g/mol. The predicted molar refractivity (Wildman–Crippen MR) is 79.4 cm³/mol. The Morgan fingerprint density at radius 3 is 2.37 bits per heavy atom. The zero-order chi connectivity index (χ0) is 14.0. The molecular formula is C16H26N2O. The molecule has 2 rings (SSSR count). The van der Waals surface area contributed by atoms with Gasteiger partial charge in [-0.3, -0.25) is 4.90 Å². The topological polar surface area (TPSA) is 26.7 Å². The van der Waals surface area contributed by atoms with Crippen molar-refractivity contribution in [2.24, 2.45) is 0 Å². The zero-order valence-corrected chi connectivity index (χ0v) is 12.6. The largest absolute Gasteiger partial charge is 0.387 e. The molecule has 1 saturated heterocycles. The Balaban J connectivity index is 2.22. The molecule has 2 unspecified atom stereocenters. The molecule has 1 heterocycles. The zero-order valence-electron chi connectivity index (χ0n) is 12.6. The van der Waals surface area contributed by atoms with Gasteiger partial charge in [0.15, 0.2) is 0 Å². The SMILES string of the molecule is Cc1cc(C)cc(C(O)C2CN(C)CCCN2C)c1. The van der Waals surface area contributed by atoms with Crippen LogP contribution in [0.4, 0.5) is 0 Å². The van der Waals surface area contributed by atoms with Crippen LogP contribution >= 0.6 is 0 Å². The van der Waals surface area contributed by atoms with Gasteiger partial charge >= 0.3 is 0 Å². The molecule has 0 spiro atoms. The fourth-order valence-electron chi connectivity index (χ4n) is 3.05. The van der Waals surface area contributed by atoms with Gasteiger partial charge in [0.25, 0.3) is 0 Å². The fraction of sp³-hybridized carbons (Fsp3) is 0.625. The van der Waals surface area contributed by atoms with Crippen molar-refractivity contribution in [1.82, 2.24) is 9.80 Å². The highest BCUT2D eigenvalue weighted by Gasteiger charge is 2.28. The van der Waals surface area contributed by atoms with Gasteiger partial charge in [-0.05, 0) is 53.0 Å². The number of hydrogen-bond donors (Lipinski definition) is 1. The maximum Gasteiger partial charge on any atom is 0.0957 e. The Hall–Kier alpha value is -0.900. The minimum absolute atomic E-state index is 0.175. The molecule has 1 N–H and O–H groups in total. The fourth-order valence-corrected chi connectivity index (χ4v) is 3.05. The van der Waals surface area contributed by atoms with Crippen molar-refractivity contribution in [3.05, 3.63) is 34.9 Å². The lowest BCUT2D eigenvalue weighted by atomic mass is 9.97. The lowest BCUT2D eigenvalue weighted by Gasteiger charge is -2.32. The van der Waals surface area contributed by atoms with Crippen LogP contribution in [0.2, 0.25) is 0 Å². The van der Waals surface area contributed by atoms with Crippen molar-refractivity contribution in [3.63, 3.8) is 0 Å². The van der Waals surface area contributed by atoms with Gasteiger partial charge < -0.3 is 10.0 Å². The first-order valence-corrected chi connectivity index (χ1v) is 7.12. The molecule has 1 aliphatic rings. The molecule has 0 radical (unpaired) electrons. The van der Waals surface area contributed by atoms with E-state index in [2.05, 4.69) is 55.9 Å². The van der Waals surface area contributed by atoms with E-state index in [0.717, 1.165) is 25.2 Å². The number of hydrogen-bond acceptors (Lipinski definition) is 3. The summed E-state index contributed by atoms with van der Waals surface area (Å²) in [5.41, 5.74) is 3.49. The van der Waals surface area contributed by atoms with E-state index >= 15 is 0 Å². The Labute approximate surface area is 116 Å². The van der Waals surface area contributed by atoms with Gasteiger partial charge in [0.05, 0.1) is 12.1 Å². The number of nitrogens with zero attached hydrogens (tertiary/aromatic N) is 2. The third-order valence-electron chi connectivity index (χ3n) is 4.07. The van der Waals surface area contributed by atoms with Crippen molar-refractivity contribution in [2.45, 2.75) is 32.4 Å². The summed E-state index contributed by atoms with van der Waals surface area (Å²) in [5, 5.41) is 10.7. The van der Waals surface area contributed by atoms with Crippen molar-refractivity contribution in [2.75, 3.05) is 33.7 Å². The molecule has 0 aromatic heterocycles. The molecule has 0 aliphatic carbocycles. The number of aliphatic hydroxyl groups is 1. The summed E-state index contributed by atoms with van der Waals surface area (Å²) in [5.74, 6) is 0. The maximum absolute atomic E-state index is 10.7. The summed E-state index contributed by atoms with van der Waals surface area (Å²) in [6.45, 7) is 7.26. The third kappa shape index (κ3) is 3.56. The van der Waals surface area contributed by atoms with Gasteiger partial charge in [0.1, 0.15) is 0 Å². The molecule has 2 atom stereocenters. The highest BCUT2D eigenvalue weighted by molar-refractivity contribution is 5.30. The number of benzene rings is 1. The summed E-state index contributed by atoms with van der Waals surface area (Å²) >= 11 is 0. The quantitative estimate of drug-likeness (QED) is 0.883. The molecule has 0 bridgehead atoms. The Morgan fingerprint density at radius 1 is 1.11 bits per heavy atom.